The topological polar surface area (TPSA) is 64.2 Å². The fourth-order valence-electron chi connectivity index (χ4n) is 4.18. The number of amides is 1. The summed E-state index contributed by atoms with van der Waals surface area (Å²) in [4.78, 5) is 15.1. The molecule has 0 saturated carbocycles. The van der Waals surface area contributed by atoms with Crippen molar-refractivity contribution < 1.29 is 4.79 Å². The first-order chi connectivity index (χ1) is 12.2. The largest absolute Gasteiger partial charge is 0.333 e. The highest BCUT2D eigenvalue weighted by atomic mass is 16.2. The molecule has 1 saturated heterocycles. The van der Waals surface area contributed by atoms with Crippen LogP contribution in [0.3, 0.4) is 0 Å². The molecule has 2 aromatic rings. The Labute approximate surface area is 148 Å². The highest BCUT2D eigenvalue weighted by molar-refractivity contribution is 5.94. The van der Waals surface area contributed by atoms with Crippen LogP contribution in [0.25, 0.3) is 5.69 Å². The maximum atomic E-state index is 13.1. The lowest BCUT2D eigenvalue weighted by Crippen LogP contribution is -2.40. The third-order valence-electron chi connectivity index (χ3n) is 5.63. The van der Waals surface area contributed by atoms with Gasteiger partial charge in [0.15, 0.2) is 5.69 Å². The number of hydrogen-bond acceptors (Lipinski definition) is 3. The number of rotatable bonds is 4. The predicted octanol–water partition coefficient (Wildman–Crippen LogP) is 2.49. The van der Waals surface area contributed by atoms with Gasteiger partial charge in [0.25, 0.3) is 5.91 Å². The van der Waals surface area contributed by atoms with Gasteiger partial charge < -0.3 is 10.6 Å². The van der Waals surface area contributed by atoms with E-state index in [1.54, 1.807) is 0 Å². The second kappa shape index (κ2) is 6.64. The van der Waals surface area contributed by atoms with Crippen molar-refractivity contribution in [1.29, 1.82) is 0 Å². The second-order valence-corrected chi connectivity index (χ2v) is 7.09. The van der Waals surface area contributed by atoms with Gasteiger partial charge in [0.05, 0.1) is 5.69 Å². The van der Waals surface area contributed by atoms with E-state index in [9.17, 15) is 4.79 Å². The average Bonchev–Trinajstić information content (AvgIpc) is 3.36. The van der Waals surface area contributed by atoms with Crippen molar-refractivity contribution in [2.75, 3.05) is 13.1 Å². The summed E-state index contributed by atoms with van der Waals surface area (Å²) in [5.74, 6) is 0.0648. The molecule has 5 nitrogen and oxygen atoms in total. The molecule has 1 unspecified atom stereocenters. The minimum atomic E-state index is 0.0648. The molecule has 4 rings (SSSR count). The zero-order valence-corrected chi connectivity index (χ0v) is 14.9. The maximum absolute atomic E-state index is 13.1. The van der Waals surface area contributed by atoms with Gasteiger partial charge in [-0.15, -0.1) is 0 Å². The minimum absolute atomic E-state index is 0.0648. The van der Waals surface area contributed by atoms with Crippen molar-refractivity contribution in [3.05, 3.63) is 46.8 Å². The van der Waals surface area contributed by atoms with Crippen LogP contribution >= 0.6 is 0 Å². The van der Waals surface area contributed by atoms with Crippen LogP contribution in [-0.4, -0.2) is 39.7 Å². The first-order valence-electron chi connectivity index (χ1n) is 9.44. The highest BCUT2D eigenvalue weighted by Crippen LogP contribution is 2.30. The number of carbonyl (C=O) groups is 1. The standard InChI is InChI=1S/C20H26N4O/c1-2-14-8-10-15(11-9-14)24-18-7-3-6-17(18)19(22-24)20(25)23-12-4-5-16(23)13-21/h8-11,16H,2-7,12-13,21H2,1H3. The number of benzene rings is 1. The number of nitrogens with two attached hydrogens (primary N) is 1. The Hall–Kier alpha value is -2.14. The summed E-state index contributed by atoms with van der Waals surface area (Å²) >= 11 is 0. The Bertz CT molecular complexity index is 778. The van der Waals surface area contributed by atoms with Crippen LogP contribution in [0, 0.1) is 0 Å². The number of fused-ring (bicyclic) bond motifs is 1. The van der Waals surface area contributed by atoms with Gasteiger partial charge in [-0.05, 0) is 56.2 Å². The summed E-state index contributed by atoms with van der Waals surface area (Å²) in [5, 5.41) is 4.76. The zero-order valence-electron chi connectivity index (χ0n) is 14.9. The summed E-state index contributed by atoms with van der Waals surface area (Å²) in [5.41, 5.74) is 11.2. The number of aryl methyl sites for hydroxylation is 1. The molecule has 1 atom stereocenters. The van der Waals surface area contributed by atoms with Gasteiger partial charge in [0.2, 0.25) is 0 Å². The van der Waals surface area contributed by atoms with Crippen LogP contribution < -0.4 is 5.73 Å². The lowest BCUT2D eigenvalue weighted by Gasteiger charge is -2.22. The Kier molecular flexibility index (Phi) is 4.34. The van der Waals surface area contributed by atoms with Crippen LogP contribution in [0.1, 0.15) is 53.5 Å². The molecule has 25 heavy (non-hydrogen) atoms. The quantitative estimate of drug-likeness (QED) is 0.931. The van der Waals surface area contributed by atoms with E-state index < -0.39 is 0 Å². The van der Waals surface area contributed by atoms with Gasteiger partial charge in [-0.2, -0.15) is 5.10 Å². The summed E-state index contributed by atoms with van der Waals surface area (Å²) in [6, 6.07) is 8.67. The molecular weight excluding hydrogens is 312 g/mol. The Balaban J connectivity index is 1.71. The van der Waals surface area contributed by atoms with Crippen molar-refractivity contribution in [2.24, 2.45) is 5.73 Å². The molecular formula is C20H26N4O. The summed E-state index contributed by atoms with van der Waals surface area (Å²) in [6.07, 6.45) is 6.10. The van der Waals surface area contributed by atoms with Crippen LogP contribution in [0.2, 0.25) is 0 Å². The van der Waals surface area contributed by atoms with Crippen molar-refractivity contribution in [1.82, 2.24) is 14.7 Å². The lowest BCUT2D eigenvalue weighted by molar-refractivity contribution is 0.0733. The van der Waals surface area contributed by atoms with E-state index in [0.29, 0.717) is 12.2 Å². The van der Waals surface area contributed by atoms with Crippen LogP contribution in [0.4, 0.5) is 0 Å². The maximum Gasteiger partial charge on any atom is 0.274 e. The van der Waals surface area contributed by atoms with E-state index in [2.05, 4.69) is 31.2 Å². The molecule has 2 heterocycles. The average molecular weight is 338 g/mol. The Morgan fingerprint density at radius 3 is 2.76 bits per heavy atom. The number of carbonyl (C=O) groups excluding carboxylic acids is 1. The third-order valence-corrected chi connectivity index (χ3v) is 5.63. The third kappa shape index (κ3) is 2.76. The summed E-state index contributed by atoms with van der Waals surface area (Å²) in [6.45, 7) is 3.49. The van der Waals surface area contributed by atoms with E-state index in [4.69, 9.17) is 10.8 Å². The smallest absolute Gasteiger partial charge is 0.274 e. The highest BCUT2D eigenvalue weighted by Gasteiger charge is 2.34. The van der Waals surface area contributed by atoms with E-state index in [0.717, 1.165) is 56.3 Å². The molecule has 1 aliphatic carbocycles. The summed E-state index contributed by atoms with van der Waals surface area (Å²) < 4.78 is 1.99. The van der Waals surface area contributed by atoms with Crippen molar-refractivity contribution >= 4 is 5.91 Å². The van der Waals surface area contributed by atoms with Crippen LogP contribution in [0.5, 0.6) is 0 Å². The molecule has 0 spiro atoms. The van der Waals surface area contributed by atoms with Crippen molar-refractivity contribution in [2.45, 2.75) is 51.5 Å². The molecule has 2 aliphatic rings. The fourth-order valence-corrected chi connectivity index (χ4v) is 4.18. The van der Waals surface area contributed by atoms with Gasteiger partial charge in [-0.3, -0.25) is 4.79 Å². The van der Waals surface area contributed by atoms with E-state index in [1.165, 1.54) is 11.3 Å². The van der Waals surface area contributed by atoms with Crippen molar-refractivity contribution in [3.63, 3.8) is 0 Å². The van der Waals surface area contributed by atoms with Crippen LogP contribution in [0.15, 0.2) is 24.3 Å². The second-order valence-electron chi connectivity index (χ2n) is 7.09. The molecule has 1 aromatic carbocycles. The van der Waals surface area contributed by atoms with Gasteiger partial charge >= 0.3 is 0 Å². The zero-order chi connectivity index (χ0) is 17.4. The van der Waals surface area contributed by atoms with E-state index >= 15 is 0 Å². The molecule has 132 valence electrons. The van der Waals surface area contributed by atoms with Gasteiger partial charge in [0.1, 0.15) is 0 Å². The number of likely N-dealkylation sites (tertiary alicyclic amines) is 1. The molecule has 0 radical (unpaired) electrons. The van der Waals surface area contributed by atoms with E-state index in [1.807, 2.05) is 9.58 Å². The molecule has 1 fully saturated rings. The molecule has 0 bridgehead atoms. The molecule has 5 heteroatoms. The van der Waals surface area contributed by atoms with Gasteiger partial charge in [0, 0.05) is 30.4 Å². The van der Waals surface area contributed by atoms with Crippen LogP contribution in [-0.2, 0) is 19.3 Å². The van der Waals surface area contributed by atoms with Gasteiger partial charge in [-0.1, -0.05) is 19.1 Å². The first-order valence-corrected chi connectivity index (χ1v) is 9.44. The number of aromatic nitrogens is 2. The molecule has 2 N–H and O–H groups in total. The fraction of sp³-hybridized carbons (Fsp3) is 0.500. The SMILES string of the molecule is CCc1ccc(-n2nc(C(=O)N3CCCC3CN)c3c2CCC3)cc1. The lowest BCUT2D eigenvalue weighted by atomic mass is 10.1. The molecule has 1 aliphatic heterocycles. The molecule has 1 aromatic heterocycles. The summed E-state index contributed by atoms with van der Waals surface area (Å²) in [7, 11) is 0. The number of hydrogen-bond donors (Lipinski definition) is 1. The van der Waals surface area contributed by atoms with Crippen molar-refractivity contribution in [3.8, 4) is 5.69 Å². The monoisotopic (exact) mass is 338 g/mol. The molecule has 1 amide bonds. The Morgan fingerprint density at radius 2 is 2.04 bits per heavy atom. The first kappa shape index (κ1) is 16.3. The normalized spacial score (nSPS) is 19.4. The Morgan fingerprint density at radius 1 is 1.24 bits per heavy atom. The minimum Gasteiger partial charge on any atom is -0.333 e. The number of nitrogens with zero attached hydrogens (tertiary/aromatic N) is 3. The van der Waals surface area contributed by atoms with Gasteiger partial charge in [-0.25, -0.2) is 4.68 Å². The van der Waals surface area contributed by atoms with E-state index in [-0.39, 0.29) is 11.9 Å². The predicted molar refractivity (Wildman–Crippen MR) is 98.1 cm³/mol.